The topological polar surface area (TPSA) is 101 Å². The van der Waals surface area contributed by atoms with Gasteiger partial charge in [0.2, 0.25) is 0 Å². The Labute approximate surface area is 115 Å². The first-order valence-corrected chi connectivity index (χ1v) is 5.99. The molecule has 0 aliphatic carbocycles. The summed E-state index contributed by atoms with van der Waals surface area (Å²) in [7, 11) is 0. The van der Waals surface area contributed by atoms with E-state index in [1.165, 1.54) is 10.6 Å². The van der Waals surface area contributed by atoms with Crippen molar-refractivity contribution in [1.82, 2.24) is 4.57 Å². The second-order valence-corrected chi connectivity index (χ2v) is 4.43. The molecule has 0 aliphatic heterocycles. The highest BCUT2D eigenvalue weighted by atomic mass is 16.4. The molecule has 6 nitrogen and oxygen atoms in total. The highest BCUT2D eigenvalue weighted by molar-refractivity contribution is 5.96. The van der Waals surface area contributed by atoms with Crippen molar-refractivity contribution >= 4 is 5.84 Å². The number of aryl methyl sites for hydroxylation is 1. The number of oxime groups is 1. The van der Waals surface area contributed by atoms with Crippen LogP contribution in [0.15, 0.2) is 46.3 Å². The lowest BCUT2D eigenvalue weighted by Crippen LogP contribution is -2.31. The predicted molar refractivity (Wildman–Crippen MR) is 75.2 cm³/mol. The van der Waals surface area contributed by atoms with E-state index < -0.39 is 0 Å². The van der Waals surface area contributed by atoms with Gasteiger partial charge in [-0.1, -0.05) is 17.3 Å². The van der Waals surface area contributed by atoms with E-state index in [1.54, 1.807) is 37.3 Å². The van der Waals surface area contributed by atoms with Crippen molar-refractivity contribution in [1.29, 1.82) is 0 Å². The zero-order valence-electron chi connectivity index (χ0n) is 10.9. The number of nitrogens with zero attached hydrogens (tertiary/aromatic N) is 2. The number of phenolic OH excluding ortho intramolecular Hbond substituents is 1. The van der Waals surface area contributed by atoms with Gasteiger partial charge in [-0.25, -0.2) is 0 Å². The first kappa shape index (κ1) is 13.7. The fraction of sp³-hybridized carbons (Fsp3) is 0.143. The van der Waals surface area contributed by atoms with Crippen molar-refractivity contribution in [3.63, 3.8) is 0 Å². The molecule has 0 fully saturated rings. The van der Waals surface area contributed by atoms with Crippen LogP contribution in [-0.2, 0) is 6.54 Å². The number of amidine groups is 1. The van der Waals surface area contributed by atoms with Crippen LogP contribution in [0.3, 0.4) is 0 Å². The number of rotatable bonds is 3. The maximum absolute atomic E-state index is 12.3. The summed E-state index contributed by atoms with van der Waals surface area (Å²) in [6, 6.07) is 9.84. The van der Waals surface area contributed by atoms with E-state index in [-0.39, 0.29) is 22.7 Å². The van der Waals surface area contributed by atoms with Gasteiger partial charge < -0.3 is 20.6 Å². The second-order valence-electron chi connectivity index (χ2n) is 4.43. The summed E-state index contributed by atoms with van der Waals surface area (Å²) in [5.74, 6) is -0.0438. The number of hydrogen-bond acceptors (Lipinski definition) is 4. The van der Waals surface area contributed by atoms with Gasteiger partial charge in [0, 0.05) is 5.69 Å². The fourth-order valence-electron chi connectivity index (χ4n) is 1.90. The van der Waals surface area contributed by atoms with Crippen molar-refractivity contribution in [2.45, 2.75) is 13.5 Å². The fourth-order valence-corrected chi connectivity index (χ4v) is 1.90. The van der Waals surface area contributed by atoms with Gasteiger partial charge in [-0.2, -0.15) is 0 Å². The molecule has 0 aliphatic rings. The Kier molecular flexibility index (Phi) is 3.74. The molecular formula is C14H15N3O3. The van der Waals surface area contributed by atoms with Crippen LogP contribution in [0, 0.1) is 6.92 Å². The second kappa shape index (κ2) is 5.48. The third-order valence-electron chi connectivity index (χ3n) is 3.05. The van der Waals surface area contributed by atoms with E-state index in [0.717, 1.165) is 11.3 Å². The number of hydrogen-bond donors (Lipinski definition) is 3. The van der Waals surface area contributed by atoms with Gasteiger partial charge in [-0.05, 0) is 36.8 Å². The molecule has 0 atom stereocenters. The maximum atomic E-state index is 12.3. The minimum Gasteiger partial charge on any atom is -0.508 e. The minimum absolute atomic E-state index is 0.150. The van der Waals surface area contributed by atoms with E-state index in [2.05, 4.69) is 5.16 Å². The Balaban J connectivity index is 2.46. The number of phenols is 1. The average Bonchev–Trinajstić information content (AvgIpc) is 2.45. The molecule has 2 rings (SSSR count). The Hall–Kier alpha value is -2.76. The molecule has 20 heavy (non-hydrogen) atoms. The van der Waals surface area contributed by atoms with Crippen LogP contribution < -0.4 is 11.3 Å². The summed E-state index contributed by atoms with van der Waals surface area (Å²) in [4.78, 5) is 12.3. The standard InChI is InChI=1S/C14H15N3O3/c1-9-2-7-12(13(15)16-20)14(19)17(9)8-10-3-5-11(18)6-4-10/h2-7,18,20H,8H2,1H3,(H2,15,16). The zero-order valence-corrected chi connectivity index (χ0v) is 10.9. The lowest BCUT2D eigenvalue weighted by molar-refractivity contribution is 0.318. The molecule has 1 heterocycles. The highest BCUT2D eigenvalue weighted by Crippen LogP contribution is 2.11. The zero-order chi connectivity index (χ0) is 14.7. The summed E-state index contributed by atoms with van der Waals surface area (Å²) < 4.78 is 1.53. The molecule has 1 aromatic heterocycles. The number of aromatic nitrogens is 1. The van der Waals surface area contributed by atoms with Crippen molar-refractivity contribution < 1.29 is 10.3 Å². The van der Waals surface area contributed by atoms with Gasteiger partial charge in [-0.3, -0.25) is 4.79 Å². The molecule has 0 saturated heterocycles. The summed E-state index contributed by atoms with van der Waals surface area (Å²) >= 11 is 0. The van der Waals surface area contributed by atoms with Crippen LogP contribution in [0.25, 0.3) is 0 Å². The molecule has 0 unspecified atom stereocenters. The minimum atomic E-state index is -0.326. The molecule has 0 amide bonds. The van der Waals surface area contributed by atoms with Crippen LogP contribution in [-0.4, -0.2) is 20.7 Å². The third kappa shape index (κ3) is 2.64. The molecule has 0 spiro atoms. The maximum Gasteiger partial charge on any atom is 0.262 e. The van der Waals surface area contributed by atoms with Crippen LogP contribution in [0.4, 0.5) is 0 Å². The average molecular weight is 273 g/mol. The largest absolute Gasteiger partial charge is 0.508 e. The predicted octanol–water partition coefficient (Wildman–Crippen LogP) is 1.01. The van der Waals surface area contributed by atoms with E-state index in [9.17, 15) is 9.90 Å². The Morgan fingerprint density at radius 3 is 2.50 bits per heavy atom. The number of aromatic hydroxyl groups is 1. The summed E-state index contributed by atoms with van der Waals surface area (Å²) in [6.45, 7) is 2.15. The smallest absolute Gasteiger partial charge is 0.262 e. The van der Waals surface area contributed by atoms with Gasteiger partial charge in [-0.15, -0.1) is 0 Å². The lowest BCUT2D eigenvalue weighted by atomic mass is 10.2. The lowest BCUT2D eigenvalue weighted by Gasteiger charge is -2.11. The normalized spacial score (nSPS) is 11.6. The molecule has 6 heteroatoms. The summed E-state index contributed by atoms with van der Waals surface area (Å²) in [5.41, 5.74) is 6.93. The monoisotopic (exact) mass is 273 g/mol. The Morgan fingerprint density at radius 2 is 1.90 bits per heavy atom. The molecule has 104 valence electrons. The number of pyridine rings is 1. The van der Waals surface area contributed by atoms with Gasteiger partial charge in [0.1, 0.15) is 5.75 Å². The molecule has 4 N–H and O–H groups in total. The van der Waals surface area contributed by atoms with Crippen LogP contribution in [0.5, 0.6) is 5.75 Å². The van der Waals surface area contributed by atoms with Crippen LogP contribution in [0.2, 0.25) is 0 Å². The van der Waals surface area contributed by atoms with E-state index in [1.807, 2.05) is 0 Å². The third-order valence-corrected chi connectivity index (χ3v) is 3.05. The Bertz CT molecular complexity index is 703. The first-order valence-electron chi connectivity index (χ1n) is 5.99. The molecule has 0 radical (unpaired) electrons. The van der Waals surface area contributed by atoms with Gasteiger partial charge in [0.05, 0.1) is 12.1 Å². The van der Waals surface area contributed by atoms with Crippen molar-refractivity contribution in [2.75, 3.05) is 0 Å². The highest BCUT2D eigenvalue weighted by Gasteiger charge is 2.10. The molecule has 0 saturated carbocycles. The van der Waals surface area contributed by atoms with Gasteiger partial charge in [0.25, 0.3) is 5.56 Å². The molecule has 0 bridgehead atoms. The molecule has 1 aromatic carbocycles. The van der Waals surface area contributed by atoms with Crippen molar-refractivity contribution in [2.24, 2.45) is 10.9 Å². The quantitative estimate of drug-likeness (QED) is 0.336. The summed E-state index contributed by atoms with van der Waals surface area (Å²) in [6.07, 6.45) is 0. The van der Waals surface area contributed by atoms with Gasteiger partial charge >= 0.3 is 0 Å². The van der Waals surface area contributed by atoms with E-state index >= 15 is 0 Å². The number of benzene rings is 1. The first-order chi connectivity index (χ1) is 9.52. The van der Waals surface area contributed by atoms with E-state index in [0.29, 0.717) is 6.54 Å². The summed E-state index contributed by atoms with van der Waals surface area (Å²) in [5, 5.41) is 20.8. The van der Waals surface area contributed by atoms with Crippen LogP contribution in [0.1, 0.15) is 16.8 Å². The van der Waals surface area contributed by atoms with Gasteiger partial charge in [0.15, 0.2) is 5.84 Å². The Morgan fingerprint density at radius 1 is 1.25 bits per heavy atom. The number of nitrogens with two attached hydrogens (primary N) is 1. The SMILES string of the molecule is Cc1ccc(/C(N)=N/O)c(=O)n1Cc1ccc(O)cc1. The van der Waals surface area contributed by atoms with Crippen LogP contribution >= 0.6 is 0 Å². The van der Waals surface area contributed by atoms with Crippen molar-refractivity contribution in [3.8, 4) is 5.75 Å². The van der Waals surface area contributed by atoms with Crippen molar-refractivity contribution in [3.05, 3.63) is 63.6 Å². The van der Waals surface area contributed by atoms with E-state index in [4.69, 9.17) is 10.9 Å². The molecular weight excluding hydrogens is 258 g/mol. The molecule has 2 aromatic rings.